The molecule has 0 unspecified atom stereocenters. The molecule has 0 saturated heterocycles. The van der Waals surface area contributed by atoms with Gasteiger partial charge < -0.3 is 10.2 Å². The lowest BCUT2D eigenvalue weighted by atomic mass is 10.1. The lowest BCUT2D eigenvalue weighted by Gasteiger charge is -2.20. The highest BCUT2D eigenvalue weighted by molar-refractivity contribution is 6.30. The second-order valence-electron chi connectivity index (χ2n) is 5.35. The summed E-state index contributed by atoms with van der Waals surface area (Å²) >= 11 is 5.84. The summed E-state index contributed by atoms with van der Waals surface area (Å²) in [4.78, 5) is 25.2. The van der Waals surface area contributed by atoms with Crippen molar-refractivity contribution in [2.24, 2.45) is 0 Å². The van der Waals surface area contributed by atoms with E-state index in [0.717, 1.165) is 5.56 Å². The van der Waals surface area contributed by atoms with E-state index < -0.39 is 11.7 Å². The minimum atomic E-state index is -0.513. The Hall–Kier alpha value is -2.40. The highest BCUT2D eigenvalue weighted by Crippen LogP contribution is 2.13. The molecule has 4 nitrogen and oxygen atoms in total. The molecular weight excluding hydrogens is 331 g/mol. The van der Waals surface area contributed by atoms with Crippen LogP contribution < -0.4 is 5.32 Å². The first-order chi connectivity index (χ1) is 11.5. The van der Waals surface area contributed by atoms with Crippen molar-refractivity contribution in [2.75, 3.05) is 18.4 Å². The number of hydrogen-bond donors (Lipinski definition) is 1. The fraction of sp³-hybridized carbons (Fsp3) is 0.222. The minimum Gasteiger partial charge on any atom is -0.333 e. The molecule has 2 aromatic rings. The summed E-state index contributed by atoms with van der Waals surface area (Å²) in [6, 6.07) is 13.2. The number of rotatable bonds is 6. The Morgan fingerprint density at radius 1 is 1.12 bits per heavy atom. The van der Waals surface area contributed by atoms with Gasteiger partial charge in [0.25, 0.3) is 0 Å². The van der Waals surface area contributed by atoms with Crippen LogP contribution in [0.25, 0.3) is 0 Å². The molecule has 2 rings (SSSR count). The van der Waals surface area contributed by atoms with Gasteiger partial charge in [0.05, 0.1) is 12.2 Å². The minimum absolute atomic E-state index is 0.101. The number of para-hydroxylation sites is 1. The van der Waals surface area contributed by atoms with Gasteiger partial charge in [-0.15, -0.1) is 0 Å². The quantitative estimate of drug-likeness (QED) is 0.868. The zero-order valence-corrected chi connectivity index (χ0v) is 14.0. The number of carbonyl (C=O) groups is 2. The Labute approximate surface area is 145 Å². The Morgan fingerprint density at radius 3 is 2.42 bits per heavy atom. The molecule has 24 heavy (non-hydrogen) atoms. The third-order valence-electron chi connectivity index (χ3n) is 3.51. The molecule has 0 aliphatic carbocycles. The summed E-state index contributed by atoms with van der Waals surface area (Å²) < 4.78 is 13.5. The zero-order chi connectivity index (χ0) is 17.5. The van der Waals surface area contributed by atoms with Crippen LogP contribution in [0.5, 0.6) is 0 Å². The summed E-state index contributed by atoms with van der Waals surface area (Å²) in [5, 5.41) is 3.12. The predicted molar refractivity (Wildman–Crippen MR) is 92.4 cm³/mol. The Kier molecular flexibility index (Phi) is 6.32. The summed E-state index contributed by atoms with van der Waals surface area (Å²) in [6.07, 6.45) is 0.601. The van der Waals surface area contributed by atoms with Crippen LogP contribution in [0.2, 0.25) is 5.02 Å². The average molecular weight is 349 g/mol. The molecular formula is C18H18ClFN2O2. The van der Waals surface area contributed by atoms with Gasteiger partial charge in [-0.25, -0.2) is 4.39 Å². The first-order valence-corrected chi connectivity index (χ1v) is 7.88. The molecule has 126 valence electrons. The van der Waals surface area contributed by atoms with Gasteiger partial charge in [-0.2, -0.15) is 0 Å². The number of amides is 2. The van der Waals surface area contributed by atoms with Gasteiger partial charge in [0, 0.05) is 18.5 Å². The van der Waals surface area contributed by atoms with Crippen molar-refractivity contribution in [2.45, 2.75) is 13.3 Å². The third kappa shape index (κ3) is 5.35. The van der Waals surface area contributed by atoms with Gasteiger partial charge in [0.15, 0.2) is 0 Å². The summed E-state index contributed by atoms with van der Waals surface area (Å²) in [5.41, 5.74) is 1.11. The molecule has 0 atom stereocenters. The van der Waals surface area contributed by atoms with E-state index in [0.29, 0.717) is 18.0 Å². The summed E-state index contributed by atoms with van der Waals surface area (Å²) in [7, 11) is 0. The van der Waals surface area contributed by atoms with Crippen LogP contribution >= 0.6 is 11.6 Å². The lowest BCUT2D eigenvalue weighted by Crippen LogP contribution is -2.38. The van der Waals surface area contributed by atoms with Crippen LogP contribution in [0.4, 0.5) is 10.1 Å². The van der Waals surface area contributed by atoms with Gasteiger partial charge in [-0.3, -0.25) is 9.59 Å². The van der Waals surface area contributed by atoms with Crippen LogP contribution in [0.3, 0.4) is 0 Å². The van der Waals surface area contributed by atoms with Crippen molar-refractivity contribution >= 4 is 29.1 Å². The average Bonchev–Trinajstić information content (AvgIpc) is 2.55. The van der Waals surface area contributed by atoms with E-state index in [1.165, 1.54) is 24.0 Å². The number of nitrogens with zero attached hydrogens (tertiary/aromatic N) is 1. The summed E-state index contributed by atoms with van der Waals surface area (Å²) in [5.74, 6) is -1.17. The molecule has 0 aromatic heterocycles. The molecule has 0 aliphatic rings. The van der Waals surface area contributed by atoms with E-state index in [1.807, 2.05) is 12.1 Å². The molecule has 6 heteroatoms. The first kappa shape index (κ1) is 17.9. The normalized spacial score (nSPS) is 10.3. The van der Waals surface area contributed by atoms with Crippen molar-refractivity contribution in [3.63, 3.8) is 0 Å². The molecule has 2 amide bonds. The van der Waals surface area contributed by atoms with Gasteiger partial charge in [0.2, 0.25) is 11.8 Å². The fourth-order valence-electron chi connectivity index (χ4n) is 2.19. The van der Waals surface area contributed by atoms with Crippen LogP contribution in [-0.4, -0.2) is 29.8 Å². The number of nitrogens with one attached hydrogen (secondary N) is 1. The smallest absolute Gasteiger partial charge is 0.244 e. The van der Waals surface area contributed by atoms with Crippen LogP contribution in [-0.2, 0) is 16.0 Å². The molecule has 1 N–H and O–H groups in total. The second kappa shape index (κ2) is 8.45. The van der Waals surface area contributed by atoms with E-state index in [1.54, 1.807) is 24.3 Å². The Bertz CT molecular complexity index is 719. The molecule has 0 radical (unpaired) electrons. The molecule has 0 heterocycles. The van der Waals surface area contributed by atoms with Crippen molar-refractivity contribution in [3.05, 3.63) is 64.9 Å². The number of carbonyl (C=O) groups excluding carboxylic acids is 2. The van der Waals surface area contributed by atoms with Crippen LogP contribution in [0, 0.1) is 5.82 Å². The maximum Gasteiger partial charge on any atom is 0.244 e. The third-order valence-corrected chi connectivity index (χ3v) is 3.76. The highest BCUT2D eigenvalue weighted by atomic mass is 35.5. The largest absolute Gasteiger partial charge is 0.333 e. The molecule has 0 aliphatic heterocycles. The van der Waals surface area contributed by atoms with E-state index in [-0.39, 0.29) is 18.1 Å². The maximum absolute atomic E-state index is 13.5. The van der Waals surface area contributed by atoms with Gasteiger partial charge >= 0.3 is 0 Å². The molecule has 0 spiro atoms. The van der Waals surface area contributed by atoms with Crippen LogP contribution in [0.1, 0.15) is 12.5 Å². The van der Waals surface area contributed by atoms with Crippen molar-refractivity contribution in [1.29, 1.82) is 0 Å². The van der Waals surface area contributed by atoms with Gasteiger partial charge in [-0.1, -0.05) is 35.9 Å². The fourth-order valence-corrected chi connectivity index (χ4v) is 2.31. The van der Waals surface area contributed by atoms with E-state index >= 15 is 0 Å². The maximum atomic E-state index is 13.5. The number of benzene rings is 2. The standard InChI is InChI=1S/C18H18ClFN2O2/c1-13(23)22(11-10-14-6-8-15(19)9-7-14)12-18(24)21-17-5-3-2-4-16(17)20/h2-9H,10-12H2,1H3,(H,21,24). The van der Waals surface area contributed by atoms with E-state index in [2.05, 4.69) is 5.32 Å². The Morgan fingerprint density at radius 2 is 1.79 bits per heavy atom. The molecule has 0 saturated carbocycles. The van der Waals surface area contributed by atoms with Crippen molar-refractivity contribution in [1.82, 2.24) is 4.90 Å². The van der Waals surface area contributed by atoms with Crippen molar-refractivity contribution in [3.8, 4) is 0 Å². The van der Waals surface area contributed by atoms with Crippen molar-refractivity contribution < 1.29 is 14.0 Å². The van der Waals surface area contributed by atoms with E-state index in [4.69, 9.17) is 11.6 Å². The highest BCUT2D eigenvalue weighted by Gasteiger charge is 2.14. The van der Waals surface area contributed by atoms with E-state index in [9.17, 15) is 14.0 Å². The molecule has 0 fully saturated rings. The van der Waals surface area contributed by atoms with Crippen LogP contribution in [0.15, 0.2) is 48.5 Å². The first-order valence-electron chi connectivity index (χ1n) is 7.50. The molecule has 0 bridgehead atoms. The SMILES string of the molecule is CC(=O)N(CCc1ccc(Cl)cc1)CC(=O)Nc1ccccc1F. The topological polar surface area (TPSA) is 49.4 Å². The zero-order valence-electron chi connectivity index (χ0n) is 13.3. The lowest BCUT2D eigenvalue weighted by molar-refractivity contribution is -0.132. The predicted octanol–water partition coefficient (Wildman–Crippen LogP) is 3.51. The van der Waals surface area contributed by atoms with Gasteiger partial charge in [-0.05, 0) is 36.2 Å². The summed E-state index contributed by atoms with van der Waals surface area (Å²) in [6.45, 7) is 1.66. The number of halogens is 2. The number of anilines is 1. The van der Waals surface area contributed by atoms with Gasteiger partial charge in [0.1, 0.15) is 5.82 Å². The molecule has 2 aromatic carbocycles. The number of hydrogen-bond acceptors (Lipinski definition) is 2. The second-order valence-corrected chi connectivity index (χ2v) is 5.78. The monoisotopic (exact) mass is 348 g/mol. The Balaban J connectivity index is 1.93.